The third-order valence-corrected chi connectivity index (χ3v) is 7.79. The average Bonchev–Trinajstić information content (AvgIpc) is 2.85. The van der Waals surface area contributed by atoms with Crippen molar-refractivity contribution in [2.24, 2.45) is 5.41 Å². The van der Waals surface area contributed by atoms with Gasteiger partial charge in [-0.3, -0.25) is 0 Å². The Hall–Kier alpha value is -1.66. The van der Waals surface area contributed by atoms with Crippen molar-refractivity contribution < 1.29 is 58.5 Å². The molecular weight excluding hydrogens is 674 g/mol. The zero-order valence-corrected chi connectivity index (χ0v) is 33.4. The van der Waals surface area contributed by atoms with Crippen molar-refractivity contribution in [1.29, 1.82) is 0 Å². The predicted molar refractivity (Wildman–Crippen MR) is 193 cm³/mol. The third-order valence-electron chi connectivity index (χ3n) is 7.79. The Morgan fingerprint density at radius 2 is 0.755 bits per heavy atom. The second-order valence-corrected chi connectivity index (χ2v) is 18.9. The first-order valence-electron chi connectivity index (χ1n) is 15.9. The molecule has 0 radical (unpaired) electrons. The van der Waals surface area contributed by atoms with Gasteiger partial charge in [-0.15, -0.1) is 0 Å². The molecule has 0 heterocycles. The molecule has 0 spiro atoms. The lowest BCUT2D eigenvalue weighted by atomic mass is 9.69. The summed E-state index contributed by atoms with van der Waals surface area (Å²) in [6.45, 7) is 29.1. The summed E-state index contributed by atoms with van der Waals surface area (Å²) in [4.78, 5) is 43.1. The van der Waals surface area contributed by atoms with Crippen molar-refractivity contribution in [3.05, 3.63) is 63.2 Å². The summed E-state index contributed by atoms with van der Waals surface area (Å²) >= 11 is 0. The van der Waals surface area contributed by atoms with Gasteiger partial charge in [0, 0.05) is 16.7 Å². The molecule has 2 aromatic carbocycles. The topological polar surface area (TPSA) is 225 Å². The van der Waals surface area contributed by atoms with Crippen LogP contribution in [0.1, 0.15) is 128 Å². The fourth-order valence-electron chi connectivity index (χ4n) is 5.34. The number of aryl methyl sites for hydroxylation is 2. The van der Waals surface area contributed by atoms with Crippen LogP contribution in [0.4, 0.5) is 0 Å². The minimum atomic E-state index is -4.64. The Balaban J connectivity index is 0.00000201. The summed E-state index contributed by atoms with van der Waals surface area (Å²) in [6.07, 6.45) is -0.800. The highest BCUT2D eigenvalue weighted by atomic mass is 31.2. The molecule has 2 aromatic rings. The third kappa shape index (κ3) is 15.2. The van der Waals surface area contributed by atoms with Crippen molar-refractivity contribution in [1.82, 2.24) is 0 Å². The van der Waals surface area contributed by atoms with Gasteiger partial charge in [0.25, 0.3) is 0 Å². The number of benzene rings is 2. The highest BCUT2D eigenvalue weighted by Crippen LogP contribution is 2.50. The van der Waals surface area contributed by atoms with Crippen LogP contribution < -0.4 is 4.74 Å². The van der Waals surface area contributed by atoms with Gasteiger partial charge in [0.05, 0.1) is 25.2 Å². The Morgan fingerprint density at radius 1 is 0.531 bits per heavy atom. The maximum absolute atomic E-state index is 10.8. The van der Waals surface area contributed by atoms with Gasteiger partial charge >= 0.3 is 15.6 Å². The van der Waals surface area contributed by atoms with Crippen LogP contribution in [-0.2, 0) is 30.8 Å². The SMILES string of the molecule is Cc1cc(C(C)(C)C)c(OC(c2c(C(C)(C)C)cc(C)cc2C(C)(C)C)C(CO)(CO)CO)c(C(C)(C)C)c1.O=P(O)(O)O.O=P(O)(O)O. The van der Waals surface area contributed by atoms with Gasteiger partial charge in [-0.1, -0.05) is 118 Å². The number of aliphatic hydroxyl groups is 3. The van der Waals surface area contributed by atoms with Crippen LogP contribution in [0.2, 0.25) is 0 Å². The standard InChI is InChI=1S/C35H56O4.2H3O4P/c1-22-15-24(31(3,4)5)28(25(16-22)32(6,7)8)30(35(19-36,20-37)21-38)39-29-26(33(9,10)11)17-23(2)18-27(29)34(12,13)14;2*1-5(2,3)4/h15-18,30,36-38H,19-21H2,1-14H3;2*(H3,1,2,3,4). The van der Waals surface area contributed by atoms with Gasteiger partial charge in [-0.25, -0.2) is 9.13 Å². The van der Waals surface area contributed by atoms with Crippen molar-refractivity contribution in [3.8, 4) is 5.75 Å². The molecule has 0 saturated carbocycles. The van der Waals surface area contributed by atoms with Gasteiger partial charge in [-0.05, 0) is 46.6 Å². The lowest BCUT2D eigenvalue weighted by molar-refractivity contribution is -0.0761. The van der Waals surface area contributed by atoms with E-state index in [1.54, 1.807) is 0 Å². The molecule has 0 saturated heterocycles. The van der Waals surface area contributed by atoms with E-state index >= 15 is 0 Å². The van der Waals surface area contributed by atoms with E-state index in [0.29, 0.717) is 0 Å². The molecule has 9 N–H and O–H groups in total. The molecule has 0 fully saturated rings. The lowest BCUT2D eigenvalue weighted by Gasteiger charge is -2.43. The Morgan fingerprint density at radius 3 is 0.959 bits per heavy atom. The highest BCUT2D eigenvalue weighted by Gasteiger charge is 2.46. The van der Waals surface area contributed by atoms with E-state index < -0.39 is 47.0 Å². The zero-order valence-electron chi connectivity index (χ0n) is 31.7. The monoisotopic (exact) mass is 736 g/mol. The van der Waals surface area contributed by atoms with Gasteiger partial charge in [0.2, 0.25) is 0 Å². The van der Waals surface area contributed by atoms with Crippen molar-refractivity contribution in [2.75, 3.05) is 19.8 Å². The summed E-state index contributed by atoms with van der Waals surface area (Å²) in [6, 6.07) is 8.76. The predicted octanol–water partition coefficient (Wildman–Crippen LogP) is 5.72. The van der Waals surface area contributed by atoms with Gasteiger partial charge in [0.1, 0.15) is 11.9 Å². The van der Waals surface area contributed by atoms with E-state index in [1.165, 1.54) is 0 Å². The molecule has 2 rings (SSSR count). The largest absolute Gasteiger partial charge is 0.484 e. The van der Waals surface area contributed by atoms with Crippen LogP contribution >= 0.6 is 15.6 Å². The number of rotatable bonds is 7. The van der Waals surface area contributed by atoms with Crippen LogP contribution in [-0.4, -0.2) is 64.5 Å². The van der Waals surface area contributed by atoms with Crippen LogP contribution in [0.25, 0.3) is 0 Å². The molecule has 0 aromatic heterocycles. The second-order valence-electron chi connectivity index (χ2n) is 16.8. The van der Waals surface area contributed by atoms with Crippen LogP contribution in [0, 0.1) is 19.3 Å². The van der Waals surface area contributed by atoms with Gasteiger partial charge in [-0.2, -0.15) is 0 Å². The Labute approximate surface area is 292 Å². The fraction of sp³-hybridized carbons (Fsp3) is 0.657. The molecule has 0 aliphatic carbocycles. The summed E-state index contributed by atoms with van der Waals surface area (Å²) < 4.78 is 25.0. The quantitative estimate of drug-likeness (QED) is 0.156. The van der Waals surface area contributed by atoms with Gasteiger partial charge in [0.15, 0.2) is 0 Å². The fourth-order valence-corrected chi connectivity index (χ4v) is 5.34. The van der Waals surface area contributed by atoms with Crippen LogP contribution in [0.15, 0.2) is 24.3 Å². The molecular formula is C35H62O12P2. The summed E-state index contributed by atoms with van der Waals surface area (Å²) in [7, 11) is -9.28. The van der Waals surface area contributed by atoms with Crippen molar-refractivity contribution in [3.63, 3.8) is 0 Å². The lowest BCUT2D eigenvalue weighted by Crippen LogP contribution is -2.45. The van der Waals surface area contributed by atoms with E-state index in [2.05, 4.69) is 121 Å². The van der Waals surface area contributed by atoms with E-state index in [4.69, 9.17) is 43.2 Å². The molecule has 14 heteroatoms. The summed E-state index contributed by atoms with van der Waals surface area (Å²) in [5.41, 5.74) is 5.33. The molecule has 12 nitrogen and oxygen atoms in total. The highest BCUT2D eigenvalue weighted by molar-refractivity contribution is 7.45. The van der Waals surface area contributed by atoms with E-state index in [1.807, 2.05) is 0 Å². The Bertz CT molecular complexity index is 1360. The maximum atomic E-state index is 10.8. The first-order valence-corrected chi connectivity index (χ1v) is 19.0. The first kappa shape index (κ1) is 47.3. The molecule has 284 valence electrons. The Kier molecular flexibility index (Phi) is 16.2. The van der Waals surface area contributed by atoms with Crippen LogP contribution in [0.5, 0.6) is 5.75 Å². The molecule has 0 aliphatic rings. The number of hydrogen-bond acceptors (Lipinski definition) is 6. The molecule has 49 heavy (non-hydrogen) atoms. The summed E-state index contributed by atoms with van der Waals surface area (Å²) in [5.74, 6) is 0.769. The number of aliphatic hydroxyl groups excluding tert-OH is 3. The van der Waals surface area contributed by atoms with Gasteiger partial charge < -0.3 is 49.4 Å². The van der Waals surface area contributed by atoms with E-state index in [-0.39, 0.29) is 21.7 Å². The smallest absolute Gasteiger partial charge is 0.466 e. The maximum Gasteiger partial charge on any atom is 0.466 e. The number of ether oxygens (including phenoxy) is 1. The van der Waals surface area contributed by atoms with Crippen LogP contribution in [0.3, 0.4) is 0 Å². The van der Waals surface area contributed by atoms with Crippen molar-refractivity contribution in [2.45, 2.75) is 125 Å². The molecule has 0 bridgehead atoms. The summed E-state index contributed by atoms with van der Waals surface area (Å²) in [5, 5.41) is 32.5. The average molecular weight is 737 g/mol. The first-order chi connectivity index (χ1) is 21.5. The second kappa shape index (κ2) is 16.8. The molecule has 1 atom stereocenters. The minimum Gasteiger partial charge on any atom is -0.484 e. The normalized spacial score (nSPS) is 13.9. The van der Waals surface area contributed by atoms with E-state index in [9.17, 15) is 15.3 Å². The van der Waals surface area contributed by atoms with E-state index in [0.717, 1.165) is 44.7 Å². The number of hydrogen-bond donors (Lipinski definition) is 9. The number of phosphoric acid groups is 2. The molecule has 0 aliphatic heterocycles. The molecule has 0 amide bonds. The molecule has 1 unspecified atom stereocenters. The minimum absolute atomic E-state index is 0.223. The van der Waals surface area contributed by atoms with Crippen molar-refractivity contribution >= 4 is 15.6 Å². The zero-order chi connectivity index (χ0) is 39.4.